The minimum absolute atomic E-state index is 0. The Balaban J connectivity index is 0.00000280. The van der Waals surface area contributed by atoms with Crippen LogP contribution in [-0.2, 0) is 0 Å². The van der Waals surface area contributed by atoms with Gasteiger partial charge in [-0.2, -0.15) is 0 Å². The van der Waals surface area contributed by atoms with Crippen molar-refractivity contribution in [2.24, 2.45) is 10.9 Å². The Labute approximate surface area is 185 Å². The fourth-order valence-corrected chi connectivity index (χ4v) is 3.93. The van der Waals surface area contributed by atoms with Gasteiger partial charge in [-0.25, -0.2) is 9.38 Å². The lowest BCUT2D eigenvalue weighted by Gasteiger charge is -2.24. The number of nitrogens with zero attached hydrogens (tertiary/aromatic N) is 3. The Hall–Kier alpha value is -1.09. The molecule has 0 radical (unpaired) electrons. The maximum Gasteiger partial charge on any atom is 0.194 e. The predicted octanol–water partition coefficient (Wildman–Crippen LogP) is 3.59. The number of benzene rings is 1. The van der Waals surface area contributed by atoms with Crippen molar-refractivity contribution >= 4 is 29.9 Å². The average Bonchev–Trinajstić information content (AvgIpc) is 3.33. The molecule has 2 atom stereocenters. The van der Waals surface area contributed by atoms with Gasteiger partial charge in [0.1, 0.15) is 17.7 Å². The standard InChI is InChI=1S/C21H33FN4O.HI/c1-3-23-21(24-14-17(2)27-20-8-6-19(22)7-9-20)26-13-10-18(16-26)15-25-11-4-5-12-25;/h6-9,17-18H,3-5,10-16H2,1-2H3,(H,23,24);1H. The smallest absolute Gasteiger partial charge is 0.194 e. The largest absolute Gasteiger partial charge is 0.489 e. The molecule has 0 aliphatic carbocycles. The highest BCUT2D eigenvalue weighted by atomic mass is 127. The second-order valence-electron chi connectivity index (χ2n) is 7.69. The summed E-state index contributed by atoms with van der Waals surface area (Å²) >= 11 is 0. The highest BCUT2D eigenvalue weighted by molar-refractivity contribution is 14.0. The summed E-state index contributed by atoms with van der Waals surface area (Å²) in [5, 5.41) is 3.42. The van der Waals surface area contributed by atoms with E-state index in [1.807, 2.05) is 6.92 Å². The van der Waals surface area contributed by atoms with E-state index >= 15 is 0 Å². The van der Waals surface area contributed by atoms with E-state index in [-0.39, 0.29) is 35.9 Å². The summed E-state index contributed by atoms with van der Waals surface area (Å²) < 4.78 is 18.8. The third-order valence-electron chi connectivity index (χ3n) is 5.28. The normalized spacial score (nSPS) is 21.5. The highest BCUT2D eigenvalue weighted by Crippen LogP contribution is 2.20. The third-order valence-corrected chi connectivity index (χ3v) is 5.28. The van der Waals surface area contributed by atoms with Gasteiger partial charge >= 0.3 is 0 Å². The number of aliphatic imine (C=N–C) groups is 1. The van der Waals surface area contributed by atoms with Crippen molar-refractivity contribution in [3.05, 3.63) is 30.1 Å². The van der Waals surface area contributed by atoms with Crippen LogP contribution in [0.25, 0.3) is 0 Å². The van der Waals surface area contributed by atoms with Gasteiger partial charge in [0.15, 0.2) is 5.96 Å². The monoisotopic (exact) mass is 504 g/mol. The van der Waals surface area contributed by atoms with E-state index in [1.54, 1.807) is 12.1 Å². The van der Waals surface area contributed by atoms with Gasteiger partial charge in [0.25, 0.3) is 0 Å². The highest BCUT2D eigenvalue weighted by Gasteiger charge is 2.27. The molecule has 1 aromatic rings. The molecule has 2 saturated heterocycles. The molecule has 1 N–H and O–H groups in total. The van der Waals surface area contributed by atoms with Crippen molar-refractivity contribution in [2.45, 2.75) is 39.2 Å². The van der Waals surface area contributed by atoms with Gasteiger partial charge in [0.2, 0.25) is 0 Å². The van der Waals surface area contributed by atoms with E-state index in [2.05, 4.69) is 22.0 Å². The predicted molar refractivity (Wildman–Crippen MR) is 123 cm³/mol. The van der Waals surface area contributed by atoms with E-state index in [0.717, 1.165) is 31.5 Å². The van der Waals surface area contributed by atoms with E-state index in [0.29, 0.717) is 12.3 Å². The van der Waals surface area contributed by atoms with Gasteiger partial charge in [-0.05, 0) is 76.4 Å². The Bertz CT molecular complexity index is 607. The molecular formula is C21H34FIN4O. The van der Waals surface area contributed by atoms with Gasteiger partial charge in [0, 0.05) is 26.2 Å². The molecule has 7 heteroatoms. The molecule has 2 aliphatic rings. The van der Waals surface area contributed by atoms with Gasteiger partial charge in [0.05, 0.1) is 6.54 Å². The zero-order chi connectivity index (χ0) is 19.1. The maximum absolute atomic E-state index is 13.0. The van der Waals surface area contributed by atoms with E-state index in [9.17, 15) is 4.39 Å². The summed E-state index contributed by atoms with van der Waals surface area (Å²) in [6, 6.07) is 6.15. The summed E-state index contributed by atoms with van der Waals surface area (Å²) in [5.41, 5.74) is 0. The number of hydrogen-bond acceptors (Lipinski definition) is 3. The molecule has 0 amide bonds. The van der Waals surface area contributed by atoms with Crippen molar-refractivity contribution < 1.29 is 9.13 Å². The topological polar surface area (TPSA) is 40.1 Å². The van der Waals surface area contributed by atoms with Crippen LogP contribution in [0.3, 0.4) is 0 Å². The molecule has 2 aliphatic heterocycles. The van der Waals surface area contributed by atoms with E-state index in [4.69, 9.17) is 9.73 Å². The first kappa shape index (κ1) is 23.2. The molecule has 0 aromatic heterocycles. The van der Waals surface area contributed by atoms with Crippen molar-refractivity contribution in [3.8, 4) is 5.75 Å². The molecule has 2 fully saturated rings. The fraction of sp³-hybridized carbons (Fsp3) is 0.667. The summed E-state index contributed by atoms with van der Waals surface area (Å²) in [6.07, 6.45) is 3.88. The summed E-state index contributed by atoms with van der Waals surface area (Å²) in [5.74, 6) is 2.15. The lowest BCUT2D eigenvalue weighted by Crippen LogP contribution is -2.41. The number of nitrogens with one attached hydrogen (secondary N) is 1. The second kappa shape index (κ2) is 11.8. The molecule has 2 heterocycles. The summed E-state index contributed by atoms with van der Waals surface area (Å²) in [4.78, 5) is 9.79. The molecule has 158 valence electrons. The number of rotatable bonds is 7. The van der Waals surface area contributed by atoms with Crippen LogP contribution in [0, 0.1) is 11.7 Å². The lowest BCUT2D eigenvalue weighted by molar-refractivity contribution is 0.229. The Kier molecular flexibility index (Phi) is 9.77. The van der Waals surface area contributed by atoms with Crippen LogP contribution >= 0.6 is 24.0 Å². The van der Waals surface area contributed by atoms with Gasteiger partial charge in [-0.15, -0.1) is 24.0 Å². The van der Waals surface area contributed by atoms with E-state index < -0.39 is 0 Å². The summed E-state index contributed by atoms with van der Waals surface area (Å²) in [7, 11) is 0. The molecule has 5 nitrogen and oxygen atoms in total. The molecule has 0 saturated carbocycles. The van der Waals surface area contributed by atoms with Crippen LogP contribution < -0.4 is 10.1 Å². The Morgan fingerprint density at radius 2 is 1.96 bits per heavy atom. The first-order valence-corrected chi connectivity index (χ1v) is 10.3. The van der Waals surface area contributed by atoms with Crippen molar-refractivity contribution in [1.29, 1.82) is 0 Å². The van der Waals surface area contributed by atoms with Crippen LogP contribution in [0.4, 0.5) is 4.39 Å². The van der Waals surface area contributed by atoms with Gasteiger partial charge in [-0.1, -0.05) is 0 Å². The zero-order valence-electron chi connectivity index (χ0n) is 17.1. The van der Waals surface area contributed by atoms with Crippen LogP contribution in [0.5, 0.6) is 5.75 Å². The molecule has 0 spiro atoms. The van der Waals surface area contributed by atoms with Crippen molar-refractivity contribution in [2.75, 3.05) is 45.8 Å². The third kappa shape index (κ3) is 7.06. The van der Waals surface area contributed by atoms with Gasteiger partial charge < -0.3 is 19.9 Å². The Morgan fingerprint density at radius 3 is 2.64 bits per heavy atom. The first-order valence-electron chi connectivity index (χ1n) is 10.3. The fourth-order valence-electron chi connectivity index (χ4n) is 3.93. The minimum atomic E-state index is -0.250. The Morgan fingerprint density at radius 1 is 1.25 bits per heavy atom. The molecule has 28 heavy (non-hydrogen) atoms. The lowest BCUT2D eigenvalue weighted by atomic mass is 10.1. The van der Waals surface area contributed by atoms with Crippen molar-refractivity contribution in [1.82, 2.24) is 15.1 Å². The van der Waals surface area contributed by atoms with E-state index in [1.165, 1.54) is 51.0 Å². The number of guanidine groups is 1. The SMILES string of the molecule is CCNC(=NCC(C)Oc1ccc(F)cc1)N1CCC(CN2CCCC2)C1.I. The summed E-state index contributed by atoms with van der Waals surface area (Å²) in [6.45, 7) is 11.4. The number of likely N-dealkylation sites (tertiary alicyclic amines) is 2. The second-order valence-corrected chi connectivity index (χ2v) is 7.69. The van der Waals surface area contributed by atoms with Gasteiger partial charge in [-0.3, -0.25) is 0 Å². The number of hydrogen-bond donors (Lipinski definition) is 1. The number of halogens is 2. The molecular weight excluding hydrogens is 470 g/mol. The molecule has 2 unspecified atom stereocenters. The minimum Gasteiger partial charge on any atom is -0.489 e. The van der Waals surface area contributed by atoms with Crippen LogP contribution in [0.1, 0.15) is 33.1 Å². The molecule has 1 aromatic carbocycles. The molecule has 0 bridgehead atoms. The number of ether oxygens (including phenoxy) is 1. The quantitative estimate of drug-likeness (QED) is 0.350. The van der Waals surface area contributed by atoms with Crippen LogP contribution in [0.15, 0.2) is 29.3 Å². The van der Waals surface area contributed by atoms with Crippen molar-refractivity contribution in [3.63, 3.8) is 0 Å². The first-order chi connectivity index (χ1) is 13.1. The maximum atomic E-state index is 13.0. The average molecular weight is 504 g/mol. The molecule has 3 rings (SSSR count). The van der Waals surface area contributed by atoms with Crippen LogP contribution in [-0.4, -0.2) is 67.7 Å². The zero-order valence-corrected chi connectivity index (χ0v) is 19.4. The van der Waals surface area contributed by atoms with Crippen LogP contribution in [0.2, 0.25) is 0 Å².